The van der Waals surface area contributed by atoms with E-state index in [2.05, 4.69) is 46.3 Å². The zero-order chi connectivity index (χ0) is 23.2. The van der Waals surface area contributed by atoms with Gasteiger partial charge in [0.2, 0.25) is 5.91 Å². The lowest BCUT2D eigenvalue weighted by molar-refractivity contribution is -0.126. The summed E-state index contributed by atoms with van der Waals surface area (Å²) < 4.78 is 14.2. The van der Waals surface area contributed by atoms with E-state index in [0.29, 0.717) is 30.2 Å². The summed E-state index contributed by atoms with van der Waals surface area (Å²) in [6, 6.07) is 13.4. The maximum Gasteiger partial charge on any atom is 0.224 e. The van der Waals surface area contributed by atoms with E-state index in [0.717, 1.165) is 37.4 Å². The Bertz CT molecular complexity index is 907. The molecule has 0 saturated carbocycles. The molecule has 4 nitrogen and oxygen atoms in total. The molecule has 2 heterocycles. The number of hydrogen-bond acceptors (Lipinski definition) is 3. The molecule has 4 rings (SSSR count). The minimum absolute atomic E-state index is 0.0749. The van der Waals surface area contributed by atoms with E-state index in [1.165, 1.54) is 37.6 Å². The molecular formula is C27H35ClFN3O. The lowest BCUT2D eigenvalue weighted by atomic mass is 9.96. The summed E-state index contributed by atoms with van der Waals surface area (Å²) >= 11 is 6.19. The lowest BCUT2D eigenvalue weighted by Gasteiger charge is -2.32. The first-order chi connectivity index (χ1) is 16.0. The van der Waals surface area contributed by atoms with Gasteiger partial charge in [-0.05, 0) is 74.5 Å². The van der Waals surface area contributed by atoms with Crippen LogP contribution in [0.2, 0.25) is 5.02 Å². The molecule has 2 aliphatic heterocycles. The molecule has 0 radical (unpaired) electrons. The number of rotatable bonds is 7. The van der Waals surface area contributed by atoms with E-state index in [4.69, 9.17) is 11.6 Å². The molecule has 1 N–H and O–H groups in total. The molecule has 2 aromatic carbocycles. The van der Waals surface area contributed by atoms with Crippen LogP contribution >= 0.6 is 11.6 Å². The van der Waals surface area contributed by atoms with E-state index in [9.17, 15) is 9.18 Å². The van der Waals surface area contributed by atoms with Crippen molar-refractivity contribution in [3.8, 4) is 0 Å². The van der Waals surface area contributed by atoms with E-state index in [-0.39, 0.29) is 17.6 Å². The first kappa shape index (κ1) is 24.2. The third-order valence-electron chi connectivity index (χ3n) is 7.09. The Morgan fingerprint density at radius 1 is 1.00 bits per heavy atom. The van der Waals surface area contributed by atoms with Crippen LogP contribution in [0.1, 0.15) is 49.3 Å². The molecule has 0 spiro atoms. The first-order valence-electron chi connectivity index (χ1n) is 12.2. The fourth-order valence-electron chi connectivity index (χ4n) is 4.89. The number of nitrogens with one attached hydrogen (secondary N) is 1. The van der Waals surface area contributed by atoms with E-state index in [1.807, 2.05) is 0 Å². The minimum atomic E-state index is -0.285. The molecule has 1 unspecified atom stereocenters. The van der Waals surface area contributed by atoms with Crippen LogP contribution in [0.5, 0.6) is 0 Å². The third kappa shape index (κ3) is 6.78. The van der Waals surface area contributed by atoms with Gasteiger partial charge in [0.05, 0.1) is 5.92 Å². The van der Waals surface area contributed by atoms with Crippen LogP contribution in [0, 0.1) is 17.7 Å². The number of carbonyl (C=O) groups is 1. The van der Waals surface area contributed by atoms with E-state index in [1.54, 1.807) is 12.1 Å². The second kappa shape index (κ2) is 11.5. The molecule has 1 amide bonds. The van der Waals surface area contributed by atoms with Gasteiger partial charge in [0, 0.05) is 36.8 Å². The third-order valence-corrected chi connectivity index (χ3v) is 7.45. The Morgan fingerprint density at radius 2 is 1.73 bits per heavy atom. The van der Waals surface area contributed by atoms with E-state index < -0.39 is 0 Å². The van der Waals surface area contributed by atoms with Crippen molar-refractivity contribution in [1.82, 2.24) is 15.1 Å². The Morgan fingerprint density at radius 3 is 2.45 bits per heavy atom. The quantitative estimate of drug-likeness (QED) is 0.599. The van der Waals surface area contributed by atoms with Crippen molar-refractivity contribution in [1.29, 1.82) is 0 Å². The molecule has 2 fully saturated rings. The Kier molecular flexibility index (Phi) is 8.39. The second-order valence-corrected chi connectivity index (χ2v) is 10.2. The maximum atomic E-state index is 14.2. The summed E-state index contributed by atoms with van der Waals surface area (Å²) in [4.78, 5) is 17.5. The number of carbonyl (C=O) groups excluding carboxylic acids is 1. The van der Waals surface area contributed by atoms with Crippen molar-refractivity contribution in [2.75, 3.05) is 26.2 Å². The predicted molar refractivity (Wildman–Crippen MR) is 131 cm³/mol. The smallest absolute Gasteiger partial charge is 0.224 e. The highest BCUT2D eigenvalue weighted by Gasteiger charge is 2.26. The lowest BCUT2D eigenvalue weighted by Crippen LogP contribution is -2.42. The van der Waals surface area contributed by atoms with Gasteiger partial charge in [-0.2, -0.15) is 0 Å². The molecule has 33 heavy (non-hydrogen) atoms. The van der Waals surface area contributed by atoms with Gasteiger partial charge < -0.3 is 5.32 Å². The summed E-state index contributed by atoms with van der Waals surface area (Å²) in [5.74, 6) is 0.559. The van der Waals surface area contributed by atoms with Crippen molar-refractivity contribution < 1.29 is 9.18 Å². The maximum absolute atomic E-state index is 14.2. The molecule has 2 saturated heterocycles. The van der Waals surface area contributed by atoms with Crippen molar-refractivity contribution in [2.45, 2.75) is 52.2 Å². The number of piperidine rings is 2. The Hall–Kier alpha value is -1.95. The van der Waals surface area contributed by atoms with Gasteiger partial charge in [-0.15, -0.1) is 0 Å². The molecule has 0 aromatic heterocycles. The van der Waals surface area contributed by atoms with Gasteiger partial charge in [-0.25, -0.2) is 4.39 Å². The van der Waals surface area contributed by atoms with Crippen molar-refractivity contribution in [3.05, 3.63) is 70.0 Å². The minimum Gasteiger partial charge on any atom is -0.352 e. The molecule has 6 heteroatoms. The van der Waals surface area contributed by atoms with Crippen molar-refractivity contribution in [3.63, 3.8) is 0 Å². The number of amides is 1. The van der Waals surface area contributed by atoms with E-state index >= 15 is 0 Å². The van der Waals surface area contributed by atoms with Crippen molar-refractivity contribution in [2.24, 2.45) is 11.8 Å². The highest BCUT2D eigenvalue weighted by atomic mass is 35.5. The van der Waals surface area contributed by atoms with Crippen LogP contribution in [0.15, 0.2) is 42.5 Å². The average Bonchev–Trinajstić information content (AvgIpc) is 2.82. The number of nitrogens with zero attached hydrogens (tertiary/aromatic N) is 2. The van der Waals surface area contributed by atoms with Crippen LogP contribution < -0.4 is 5.32 Å². The van der Waals surface area contributed by atoms with Gasteiger partial charge in [0.1, 0.15) is 5.82 Å². The van der Waals surface area contributed by atoms with Gasteiger partial charge in [0.15, 0.2) is 0 Å². The van der Waals surface area contributed by atoms with Crippen LogP contribution in [0.25, 0.3) is 0 Å². The Labute approximate surface area is 202 Å². The fourth-order valence-corrected chi connectivity index (χ4v) is 5.12. The molecule has 2 aromatic rings. The highest BCUT2D eigenvalue weighted by Crippen LogP contribution is 2.24. The summed E-state index contributed by atoms with van der Waals surface area (Å²) in [6.07, 6.45) is 4.36. The molecule has 178 valence electrons. The average molecular weight is 472 g/mol. The van der Waals surface area contributed by atoms with Gasteiger partial charge in [-0.3, -0.25) is 14.6 Å². The zero-order valence-corrected chi connectivity index (χ0v) is 20.3. The van der Waals surface area contributed by atoms with Crippen LogP contribution in [0.3, 0.4) is 0 Å². The summed E-state index contributed by atoms with van der Waals surface area (Å²) in [6.45, 7) is 8.16. The van der Waals surface area contributed by atoms with Gasteiger partial charge >= 0.3 is 0 Å². The number of likely N-dealkylation sites (tertiary alicyclic amines) is 2. The number of benzene rings is 2. The number of halogens is 2. The van der Waals surface area contributed by atoms with Gasteiger partial charge in [-0.1, -0.05) is 48.9 Å². The first-order valence-corrected chi connectivity index (χ1v) is 12.6. The molecule has 0 bridgehead atoms. The summed E-state index contributed by atoms with van der Waals surface area (Å²) in [7, 11) is 0. The standard InChI is InChI=1S/C27H35ClFN3O/c1-20-11-14-31(15-12-20)17-22-9-7-21(8-10-22)16-30-27(33)23-4-3-13-32(18-23)19-24-25(28)5-2-6-26(24)29/h2,5-10,20,23H,3-4,11-19H2,1H3,(H,30,33). The molecule has 1 atom stereocenters. The SMILES string of the molecule is CC1CCN(Cc2ccc(CNC(=O)C3CCCN(Cc4c(F)cccc4Cl)C3)cc2)CC1. The number of hydrogen-bond donors (Lipinski definition) is 1. The predicted octanol–water partition coefficient (Wildman–Crippen LogP) is 5.24. The summed E-state index contributed by atoms with van der Waals surface area (Å²) in [5.41, 5.74) is 2.96. The highest BCUT2D eigenvalue weighted by molar-refractivity contribution is 6.31. The fraction of sp³-hybridized carbons (Fsp3) is 0.519. The Balaban J connectivity index is 1.24. The van der Waals surface area contributed by atoms with Crippen LogP contribution in [-0.2, 0) is 24.4 Å². The van der Waals surface area contributed by atoms with Crippen LogP contribution in [0.4, 0.5) is 4.39 Å². The zero-order valence-electron chi connectivity index (χ0n) is 19.5. The van der Waals surface area contributed by atoms with Crippen molar-refractivity contribution >= 4 is 17.5 Å². The van der Waals surface area contributed by atoms with Gasteiger partial charge in [0.25, 0.3) is 0 Å². The molecule has 0 aliphatic carbocycles. The largest absolute Gasteiger partial charge is 0.352 e. The molecule has 2 aliphatic rings. The monoisotopic (exact) mass is 471 g/mol. The second-order valence-electron chi connectivity index (χ2n) is 9.77. The summed E-state index contributed by atoms with van der Waals surface area (Å²) in [5, 5.41) is 3.55. The topological polar surface area (TPSA) is 35.6 Å². The normalized spacial score (nSPS) is 20.6. The van der Waals surface area contributed by atoms with Crippen LogP contribution in [-0.4, -0.2) is 41.9 Å². The molecular weight excluding hydrogens is 437 g/mol.